The second-order valence-corrected chi connectivity index (χ2v) is 9.28. The van der Waals surface area contributed by atoms with Gasteiger partial charge in [0.15, 0.2) is 6.10 Å². The van der Waals surface area contributed by atoms with Crippen molar-refractivity contribution in [2.24, 2.45) is 11.7 Å². The fourth-order valence-electron chi connectivity index (χ4n) is 4.43. The van der Waals surface area contributed by atoms with E-state index in [0.29, 0.717) is 42.5 Å². The van der Waals surface area contributed by atoms with E-state index in [4.69, 9.17) is 19.9 Å². The molecule has 0 aliphatic carbocycles. The van der Waals surface area contributed by atoms with Crippen LogP contribution in [0.4, 0.5) is 14.9 Å². The number of fused-ring (bicyclic) bond motifs is 2. The number of nitrogens with two attached hydrogens (primary N) is 1. The summed E-state index contributed by atoms with van der Waals surface area (Å²) in [4.78, 5) is 24.3. The Morgan fingerprint density at radius 2 is 1.83 bits per heavy atom. The third kappa shape index (κ3) is 9.11. The van der Waals surface area contributed by atoms with Crippen LogP contribution in [0, 0.1) is 11.7 Å². The average molecular weight is 491 g/mol. The lowest BCUT2D eigenvalue weighted by Gasteiger charge is -2.26. The first kappa shape index (κ1) is 28.5. The van der Waals surface area contributed by atoms with E-state index in [9.17, 15) is 14.0 Å². The number of rotatable bonds is 3. The van der Waals surface area contributed by atoms with Gasteiger partial charge in [-0.3, -0.25) is 4.79 Å². The van der Waals surface area contributed by atoms with E-state index in [0.717, 1.165) is 18.4 Å². The Morgan fingerprint density at radius 1 is 1.11 bits per heavy atom. The number of nitrogens with one attached hydrogen (secondary N) is 1. The van der Waals surface area contributed by atoms with E-state index in [-0.39, 0.29) is 23.7 Å². The zero-order chi connectivity index (χ0) is 26.0. The van der Waals surface area contributed by atoms with Gasteiger partial charge in [-0.1, -0.05) is 19.1 Å². The Hall–Kier alpha value is -2.71. The minimum Gasteiger partial charge on any atom is -0.439 e. The first-order valence-electron chi connectivity index (χ1n) is 12.1. The molecule has 2 bridgehead atoms. The van der Waals surface area contributed by atoms with Gasteiger partial charge in [-0.25, -0.2) is 9.18 Å². The van der Waals surface area contributed by atoms with E-state index in [1.54, 1.807) is 33.3 Å². The summed E-state index contributed by atoms with van der Waals surface area (Å²) in [5.41, 5.74) is 7.82. The lowest BCUT2D eigenvalue weighted by molar-refractivity contribution is -0.112. The van der Waals surface area contributed by atoms with Crippen LogP contribution < -0.4 is 11.1 Å². The topological polar surface area (TPSA) is 99.9 Å². The maximum absolute atomic E-state index is 14.5. The summed E-state index contributed by atoms with van der Waals surface area (Å²) in [6, 6.07) is 4.66. The molecule has 1 aliphatic rings. The molecular formula is C27H39FN2O5. The number of ether oxygens (including phenoxy) is 3. The van der Waals surface area contributed by atoms with Crippen molar-refractivity contribution in [3.05, 3.63) is 52.9 Å². The third-order valence-corrected chi connectivity index (χ3v) is 6.42. The molecule has 3 N–H and O–H groups in total. The largest absolute Gasteiger partial charge is 0.439 e. The van der Waals surface area contributed by atoms with Gasteiger partial charge in [-0.05, 0) is 87.6 Å². The molecule has 0 spiro atoms. The number of hydrogen-bond acceptors (Lipinski definition) is 5. The van der Waals surface area contributed by atoms with E-state index in [1.165, 1.54) is 6.07 Å². The van der Waals surface area contributed by atoms with Crippen molar-refractivity contribution in [1.82, 2.24) is 0 Å². The third-order valence-electron chi connectivity index (χ3n) is 6.42. The number of anilines is 1. The Labute approximate surface area is 207 Å². The zero-order valence-corrected chi connectivity index (χ0v) is 21.4. The molecule has 1 heterocycles. The van der Waals surface area contributed by atoms with Gasteiger partial charge >= 0.3 is 6.09 Å². The normalized spacial score (nSPS) is 28.2. The first-order valence-corrected chi connectivity index (χ1v) is 12.1. The Morgan fingerprint density at radius 3 is 2.49 bits per heavy atom. The summed E-state index contributed by atoms with van der Waals surface area (Å²) in [7, 11) is 3.23. The summed E-state index contributed by atoms with van der Waals surface area (Å²) in [5.74, 6) is -0.382. The van der Waals surface area contributed by atoms with Crippen LogP contribution in [0.5, 0.6) is 0 Å². The van der Waals surface area contributed by atoms with Crippen molar-refractivity contribution in [3.8, 4) is 0 Å². The smallest absolute Gasteiger partial charge is 0.405 e. The van der Waals surface area contributed by atoms with Gasteiger partial charge in [-0.15, -0.1) is 0 Å². The Bertz CT molecular complexity index is 930. The monoisotopic (exact) mass is 490 g/mol. The minimum absolute atomic E-state index is 0.0114. The molecule has 35 heavy (non-hydrogen) atoms. The number of hydrogen-bond donors (Lipinski definition) is 2. The number of carbonyl (C=O) groups is 2. The molecule has 0 radical (unpaired) electrons. The molecule has 0 aromatic heterocycles. The van der Waals surface area contributed by atoms with Crippen molar-refractivity contribution in [1.29, 1.82) is 0 Å². The first-order chi connectivity index (χ1) is 16.6. The van der Waals surface area contributed by atoms with Gasteiger partial charge in [-0.2, -0.15) is 0 Å². The van der Waals surface area contributed by atoms with Crippen LogP contribution in [0.1, 0.15) is 58.4 Å². The average Bonchev–Trinajstić information content (AvgIpc) is 2.81. The predicted molar refractivity (Wildman–Crippen MR) is 135 cm³/mol. The minimum atomic E-state index is -0.869. The summed E-state index contributed by atoms with van der Waals surface area (Å²) < 4.78 is 31.2. The highest BCUT2D eigenvalue weighted by Crippen LogP contribution is 2.24. The van der Waals surface area contributed by atoms with E-state index < -0.39 is 18.3 Å². The maximum Gasteiger partial charge on any atom is 0.405 e. The molecule has 0 saturated carbocycles. The number of allylic oxidation sites excluding steroid dienone is 2. The summed E-state index contributed by atoms with van der Waals surface area (Å²) >= 11 is 0. The molecule has 1 aromatic rings. The highest BCUT2D eigenvalue weighted by molar-refractivity contribution is 6.03. The van der Waals surface area contributed by atoms with Crippen LogP contribution >= 0.6 is 0 Å². The van der Waals surface area contributed by atoms with E-state index >= 15 is 0 Å². The molecule has 4 atom stereocenters. The second-order valence-electron chi connectivity index (χ2n) is 9.28. The van der Waals surface area contributed by atoms with Crippen LogP contribution in [0.15, 0.2) is 41.5 Å². The fraction of sp³-hybridized carbons (Fsp3) is 0.556. The molecule has 8 heteroatoms. The van der Waals surface area contributed by atoms with E-state index in [2.05, 4.69) is 12.2 Å². The van der Waals surface area contributed by atoms with E-state index in [1.807, 2.05) is 19.1 Å². The lowest BCUT2D eigenvalue weighted by Crippen LogP contribution is -2.35. The molecule has 0 saturated heterocycles. The molecule has 1 aromatic carbocycles. The van der Waals surface area contributed by atoms with Gasteiger partial charge in [0.25, 0.3) is 5.91 Å². The number of halogens is 1. The Kier molecular flexibility index (Phi) is 11.4. The van der Waals surface area contributed by atoms with Crippen molar-refractivity contribution < 1.29 is 28.2 Å². The molecule has 194 valence electrons. The fourth-order valence-corrected chi connectivity index (χ4v) is 4.43. The number of amides is 2. The van der Waals surface area contributed by atoms with Crippen molar-refractivity contribution in [2.75, 3.05) is 19.5 Å². The molecule has 2 rings (SSSR count). The molecule has 2 amide bonds. The molecule has 1 aliphatic heterocycles. The number of methoxy groups -OCH3 is 2. The second kappa shape index (κ2) is 14.0. The highest BCUT2D eigenvalue weighted by Gasteiger charge is 2.26. The van der Waals surface area contributed by atoms with Crippen molar-refractivity contribution >= 4 is 17.7 Å². The quantitative estimate of drug-likeness (QED) is 0.561. The summed E-state index contributed by atoms with van der Waals surface area (Å²) in [6.07, 6.45) is 5.70. The van der Waals surface area contributed by atoms with Gasteiger partial charge < -0.3 is 25.3 Å². The number of benzene rings is 1. The SMILES string of the molecule is COC1CC/C=C(\C)C(OC(N)=O)C(OC)CC/C=C(\C)C(=O)Nc2ccc(F)c(c2)C[C@@H](C)C1. The lowest BCUT2D eigenvalue weighted by atomic mass is 9.93. The zero-order valence-electron chi connectivity index (χ0n) is 21.4. The van der Waals surface area contributed by atoms with Gasteiger partial charge in [0, 0.05) is 25.5 Å². The van der Waals surface area contributed by atoms with Crippen LogP contribution in [0.2, 0.25) is 0 Å². The Balaban J connectivity index is 2.35. The van der Waals surface area contributed by atoms with Crippen LogP contribution in [-0.4, -0.2) is 44.5 Å². The number of primary amides is 1. The highest BCUT2D eigenvalue weighted by atomic mass is 19.1. The van der Waals surface area contributed by atoms with Crippen LogP contribution in [0.3, 0.4) is 0 Å². The van der Waals surface area contributed by atoms with Gasteiger partial charge in [0.05, 0.1) is 12.2 Å². The van der Waals surface area contributed by atoms with Gasteiger partial charge in [0.2, 0.25) is 0 Å². The maximum atomic E-state index is 14.5. The van der Waals surface area contributed by atoms with Crippen molar-refractivity contribution in [2.45, 2.75) is 77.6 Å². The predicted octanol–water partition coefficient (Wildman–Crippen LogP) is 5.29. The summed E-state index contributed by atoms with van der Waals surface area (Å²) in [6.45, 7) is 5.67. The molecule has 0 fully saturated rings. The standard InChI is InChI=1S/C27H39FN2O5/c1-17-14-20-16-21(12-13-23(20)28)30-26(31)19(3)9-7-11-24(34-5)25(35-27(29)32)18(2)8-6-10-22(15-17)33-4/h8-9,12-13,16-17,22,24-25H,6-7,10-11,14-15H2,1-5H3,(H2,29,32)(H,30,31)/b18-8+,19-9+/t17-,22?,24?,25?/m1/s1. The molecular weight excluding hydrogens is 451 g/mol. The van der Waals surface area contributed by atoms with Gasteiger partial charge in [0.1, 0.15) is 5.82 Å². The molecule has 7 nitrogen and oxygen atoms in total. The van der Waals surface area contributed by atoms with Crippen LogP contribution in [-0.2, 0) is 25.4 Å². The number of carbonyl (C=O) groups excluding carboxylic acids is 2. The molecule has 3 unspecified atom stereocenters. The van der Waals surface area contributed by atoms with Crippen molar-refractivity contribution in [3.63, 3.8) is 0 Å². The summed E-state index contributed by atoms with van der Waals surface area (Å²) in [5, 5.41) is 2.85. The van der Waals surface area contributed by atoms with Crippen LogP contribution in [0.25, 0.3) is 0 Å².